The van der Waals surface area contributed by atoms with Crippen LogP contribution in [0.15, 0.2) is 18.3 Å². The Balaban J connectivity index is 1.81. The molecule has 1 aliphatic heterocycles. The summed E-state index contributed by atoms with van der Waals surface area (Å²) in [5, 5.41) is 3.37. The summed E-state index contributed by atoms with van der Waals surface area (Å²) in [6.07, 6.45) is 3.17. The number of nitrogens with one attached hydrogen (secondary N) is 1. The lowest BCUT2D eigenvalue weighted by Crippen LogP contribution is -2.37. The Morgan fingerprint density at radius 2 is 2.11 bits per heavy atom. The van der Waals surface area contributed by atoms with Gasteiger partial charge in [-0.2, -0.15) is 0 Å². The van der Waals surface area contributed by atoms with Crippen molar-refractivity contribution in [3.63, 3.8) is 0 Å². The largest absolute Gasteiger partial charge is 0.481 e. The highest BCUT2D eigenvalue weighted by atomic mass is 32.2. The Morgan fingerprint density at radius 1 is 1.39 bits per heavy atom. The van der Waals surface area contributed by atoms with Crippen molar-refractivity contribution in [3.05, 3.63) is 23.9 Å². The fourth-order valence-corrected chi connectivity index (χ4v) is 3.48. The highest BCUT2D eigenvalue weighted by molar-refractivity contribution is 7.91. The van der Waals surface area contributed by atoms with Crippen molar-refractivity contribution in [1.29, 1.82) is 0 Å². The smallest absolute Gasteiger partial charge is 0.212 e. The molecule has 0 aromatic carbocycles. The van der Waals surface area contributed by atoms with Gasteiger partial charge in [0.15, 0.2) is 0 Å². The normalized spacial score (nSPS) is 19.6. The van der Waals surface area contributed by atoms with Crippen LogP contribution in [0.5, 0.6) is 5.88 Å². The van der Waals surface area contributed by atoms with E-state index in [0.29, 0.717) is 36.8 Å². The van der Waals surface area contributed by atoms with Crippen LogP contribution < -0.4 is 10.1 Å². The third-order valence-corrected chi connectivity index (χ3v) is 4.87. The lowest BCUT2D eigenvalue weighted by molar-refractivity contribution is 0.397. The summed E-state index contributed by atoms with van der Waals surface area (Å²) in [5.74, 6) is 1.19. The average molecular weight is 270 g/mol. The van der Waals surface area contributed by atoms with E-state index in [1.54, 1.807) is 13.3 Å². The summed E-state index contributed by atoms with van der Waals surface area (Å²) in [4.78, 5) is 4.13. The lowest BCUT2D eigenvalue weighted by atomic mass is 10.1. The molecule has 1 saturated heterocycles. The minimum absolute atomic E-state index is 0.288. The van der Waals surface area contributed by atoms with Gasteiger partial charge in [-0.1, -0.05) is 6.07 Å². The standard InChI is InChI=1S/C12H18N2O3S/c1-17-12-3-2-10(9-14-12)8-13-11-4-6-18(15,16)7-5-11/h2-3,9,11,13H,4-8H2,1H3. The molecule has 2 rings (SSSR count). The van der Waals surface area contributed by atoms with Crippen molar-refractivity contribution in [2.24, 2.45) is 0 Å². The van der Waals surface area contributed by atoms with Gasteiger partial charge >= 0.3 is 0 Å². The molecule has 18 heavy (non-hydrogen) atoms. The number of pyridine rings is 1. The zero-order valence-electron chi connectivity index (χ0n) is 10.4. The van der Waals surface area contributed by atoms with Crippen LogP contribution in [-0.2, 0) is 16.4 Å². The minimum Gasteiger partial charge on any atom is -0.481 e. The van der Waals surface area contributed by atoms with Crippen molar-refractivity contribution >= 4 is 9.84 Å². The molecule has 0 spiro atoms. The second-order valence-corrected chi connectivity index (χ2v) is 6.82. The van der Waals surface area contributed by atoms with Crippen molar-refractivity contribution in [3.8, 4) is 5.88 Å². The number of aromatic nitrogens is 1. The Hall–Kier alpha value is -1.14. The van der Waals surface area contributed by atoms with E-state index in [1.165, 1.54) is 0 Å². The van der Waals surface area contributed by atoms with Gasteiger partial charge in [-0.25, -0.2) is 13.4 Å². The fourth-order valence-electron chi connectivity index (χ4n) is 1.99. The third-order valence-electron chi connectivity index (χ3n) is 3.16. The van der Waals surface area contributed by atoms with Crippen molar-refractivity contribution in [2.75, 3.05) is 18.6 Å². The maximum atomic E-state index is 11.3. The summed E-state index contributed by atoms with van der Waals surface area (Å²) >= 11 is 0. The molecular formula is C12H18N2O3S. The Bertz CT molecular complexity index is 471. The molecule has 100 valence electrons. The summed E-state index contributed by atoms with van der Waals surface area (Å²) in [5.41, 5.74) is 1.07. The summed E-state index contributed by atoms with van der Waals surface area (Å²) in [6, 6.07) is 4.07. The van der Waals surface area contributed by atoms with Gasteiger partial charge in [0.2, 0.25) is 5.88 Å². The van der Waals surface area contributed by atoms with Crippen LogP contribution in [0.2, 0.25) is 0 Å². The molecule has 0 aliphatic carbocycles. The second kappa shape index (κ2) is 5.67. The van der Waals surface area contributed by atoms with Crippen LogP contribution in [0, 0.1) is 0 Å². The molecule has 0 atom stereocenters. The summed E-state index contributed by atoms with van der Waals surface area (Å²) in [7, 11) is -1.19. The van der Waals surface area contributed by atoms with E-state index in [4.69, 9.17) is 4.74 Å². The molecule has 1 aromatic heterocycles. The van der Waals surface area contributed by atoms with Gasteiger partial charge in [-0.15, -0.1) is 0 Å². The molecule has 0 saturated carbocycles. The van der Waals surface area contributed by atoms with Gasteiger partial charge in [0.1, 0.15) is 9.84 Å². The Morgan fingerprint density at radius 3 is 2.67 bits per heavy atom. The zero-order chi connectivity index (χ0) is 13.0. The fraction of sp³-hybridized carbons (Fsp3) is 0.583. The first-order chi connectivity index (χ1) is 8.59. The zero-order valence-corrected chi connectivity index (χ0v) is 11.2. The molecule has 1 aromatic rings. The van der Waals surface area contributed by atoms with E-state index in [9.17, 15) is 8.42 Å². The van der Waals surface area contributed by atoms with Gasteiger partial charge in [0.05, 0.1) is 18.6 Å². The van der Waals surface area contributed by atoms with Gasteiger partial charge < -0.3 is 10.1 Å². The van der Waals surface area contributed by atoms with Gasteiger partial charge in [-0.3, -0.25) is 0 Å². The van der Waals surface area contributed by atoms with Crippen LogP contribution >= 0.6 is 0 Å². The van der Waals surface area contributed by atoms with Crippen LogP contribution in [0.3, 0.4) is 0 Å². The third kappa shape index (κ3) is 3.68. The van der Waals surface area contributed by atoms with E-state index < -0.39 is 9.84 Å². The van der Waals surface area contributed by atoms with E-state index in [2.05, 4.69) is 10.3 Å². The highest BCUT2D eigenvalue weighted by Crippen LogP contribution is 2.13. The number of hydrogen-bond donors (Lipinski definition) is 1. The second-order valence-electron chi connectivity index (χ2n) is 4.52. The van der Waals surface area contributed by atoms with Crippen LogP contribution in [0.1, 0.15) is 18.4 Å². The van der Waals surface area contributed by atoms with Gasteiger partial charge in [0.25, 0.3) is 0 Å². The van der Waals surface area contributed by atoms with Crippen molar-refractivity contribution < 1.29 is 13.2 Å². The average Bonchev–Trinajstić information content (AvgIpc) is 2.38. The van der Waals surface area contributed by atoms with Crippen LogP contribution in [-0.4, -0.2) is 38.1 Å². The molecule has 6 heteroatoms. The first-order valence-electron chi connectivity index (χ1n) is 6.02. The molecule has 2 heterocycles. The van der Waals surface area contributed by atoms with Crippen molar-refractivity contribution in [2.45, 2.75) is 25.4 Å². The number of sulfone groups is 1. The van der Waals surface area contributed by atoms with Gasteiger partial charge in [-0.05, 0) is 18.4 Å². The number of hydrogen-bond acceptors (Lipinski definition) is 5. The highest BCUT2D eigenvalue weighted by Gasteiger charge is 2.22. The number of methoxy groups -OCH3 is 1. The predicted molar refractivity (Wildman–Crippen MR) is 69.3 cm³/mol. The molecular weight excluding hydrogens is 252 g/mol. The molecule has 1 aliphatic rings. The van der Waals surface area contributed by atoms with Gasteiger partial charge in [0, 0.05) is 24.8 Å². The molecule has 5 nitrogen and oxygen atoms in total. The predicted octanol–water partition coefficient (Wildman–Crippen LogP) is 0.757. The molecule has 0 unspecified atom stereocenters. The number of rotatable bonds is 4. The number of nitrogens with zero attached hydrogens (tertiary/aromatic N) is 1. The minimum atomic E-state index is -2.78. The van der Waals surface area contributed by atoms with E-state index in [-0.39, 0.29) is 6.04 Å². The summed E-state index contributed by atoms with van der Waals surface area (Å²) in [6.45, 7) is 0.710. The number of ether oxygens (including phenoxy) is 1. The molecule has 1 N–H and O–H groups in total. The van der Waals surface area contributed by atoms with E-state index >= 15 is 0 Å². The quantitative estimate of drug-likeness (QED) is 0.874. The molecule has 0 amide bonds. The lowest BCUT2D eigenvalue weighted by Gasteiger charge is -2.23. The maximum Gasteiger partial charge on any atom is 0.212 e. The van der Waals surface area contributed by atoms with Crippen LogP contribution in [0.4, 0.5) is 0 Å². The first kappa shape index (κ1) is 13.3. The molecule has 0 radical (unpaired) electrons. The van der Waals surface area contributed by atoms with Crippen molar-refractivity contribution in [1.82, 2.24) is 10.3 Å². The SMILES string of the molecule is COc1ccc(CNC2CCS(=O)(=O)CC2)cn1. The Kier molecular flexibility index (Phi) is 4.19. The first-order valence-corrected chi connectivity index (χ1v) is 7.84. The maximum absolute atomic E-state index is 11.3. The molecule has 1 fully saturated rings. The Labute approximate surface area is 107 Å². The van der Waals surface area contributed by atoms with Crippen LogP contribution in [0.25, 0.3) is 0 Å². The van der Waals surface area contributed by atoms with E-state index in [1.807, 2.05) is 12.1 Å². The van der Waals surface area contributed by atoms with E-state index in [0.717, 1.165) is 5.56 Å². The topological polar surface area (TPSA) is 68.3 Å². The monoisotopic (exact) mass is 270 g/mol. The molecule has 0 bridgehead atoms. The summed E-state index contributed by atoms with van der Waals surface area (Å²) < 4.78 is 27.6.